The zero-order chi connectivity index (χ0) is 13.4. The van der Waals surface area contributed by atoms with Crippen molar-refractivity contribution in [3.8, 4) is 0 Å². The van der Waals surface area contributed by atoms with Gasteiger partial charge in [-0.15, -0.1) is 0 Å². The molecule has 1 amide bonds. The minimum absolute atomic E-state index is 0.0717. The monoisotopic (exact) mass is 250 g/mol. The van der Waals surface area contributed by atoms with E-state index in [1.165, 1.54) is 0 Å². The van der Waals surface area contributed by atoms with E-state index in [-0.39, 0.29) is 5.91 Å². The number of pyridine rings is 1. The zero-order valence-corrected chi connectivity index (χ0v) is 11.4. The summed E-state index contributed by atoms with van der Waals surface area (Å²) in [4.78, 5) is 17.6. The lowest BCUT2D eigenvalue weighted by molar-refractivity contribution is -0.120. The molecular weight excluding hydrogens is 228 g/mol. The van der Waals surface area contributed by atoms with Crippen LogP contribution in [0, 0.1) is 0 Å². The van der Waals surface area contributed by atoms with Crippen molar-refractivity contribution in [2.24, 2.45) is 0 Å². The maximum Gasteiger partial charge on any atom is 0.221 e. The number of nitrogens with one attached hydrogen (secondary N) is 2. The first-order valence-corrected chi connectivity index (χ1v) is 6.23. The molecule has 0 saturated carbocycles. The predicted octanol–water partition coefficient (Wildman–Crippen LogP) is 1.08. The number of anilines is 1. The number of hydrogen-bond donors (Lipinski definition) is 2. The van der Waals surface area contributed by atoms with Crippen LogP contribution in [0.2, 0.25) is 0 Å². The number of carbonyl (C=O) groups is 1. The van der Waals surface area contributed by atoms with Gasteiger partial charge < -0.3 is 15.5 Å². The molecule has 18 heavy (non-hydrogen) atoms. The van der Waals surface area contributed by atoms with E-state index in [9.17, 15) is 4.79 Å². The third kappa shape index (κ3) is 5.14. The van der Waals surface area contributed by atoms with Crippen LogP contribution in [0.25, 0.3) is 0 Å². The third-order valence-corrected chi connectivity index (χ3v) is 2.63. The van der Waals surface area contributed by atoms with E-state index < -0.39 is 0 Å². The average molecular weight is 250 g/mol. The van der Waals surface area contributed by atoms with Crippen molar-refractivity contribution >= 4 is 11.7 Å². The first kappa shape index (κ1) is 14.4. The Morgan fingerprint density at radius 3 is 2.78 bits per heavy atom. The number of carbonyl (C=O) groups excluding carboxylic acids is 1. The Bertz CT molecular complexity index is 364. The van der Waals surface area contributed by atoms with E-state index in [0.29, 0.717) is 6.42 Å². The molecule has 0 unspecified atom stereocenters. The number of amides is 1. The minimum Gasteiger partial charge on any atom is -0.370 e. The second kappa shape index (κ2) is 7.66. The Morgan fingerprint density at radius 1 is 1.44 bits per heavy atom. The van der Waals surface area contributed by atoms with Crippen molar-refractivity contribution in [2.75, 3.05) is 32.5 Å². The molecule has 1 rings (SSSR count). The molecule has 5 nitrogen and oxygen atoms in total. The molecule has 5 heteroatoms. The molecule has 0 saturated heterocycles. The Morgan fingerprint density at radius 2 is 2.22 bits per heavy atom. The number of rotatable bonds is 7. The smallest absolute Gasteiger partial charge is 0.221 e. The molecule has 0 radical (unpaired) electrons. The lowest BCUT2D eigenvalue weighted by Crippen LogP contribution is -2.26. The summed E-state index contributed by atoms with van der Waals surface area (Å²) < 4.78 is 0. The molecule has 1 aromatic heterocycles. The number of hydrogen-bond acceptors (Lipinski definition) is 4. The fraction of sp³-hybridized carbons (Fsp3) is 0.538. The van der Waals surface area contributed by atoms with E-state index in [1.807, 2.05) is 26.2 Å². The normalized spacial score (nSPS) is 10.4. The molecule has 1 aromatic rings. The summed E-state index contributed by atoms with van der Waals surface area (Å²) in [6.45, 7) is 4.46. The lowest BCUT2D eigenvalue weighted by Gasteiger charge is -2.16. The van der Waals surface area contributed by atoms with Gasteiger partial charge in [0.2, 0.25) is 5.91 Å². The van der Waals surface area contributed by atoms with E-state index >= 15 is 0 Å². The molecule has 0 aliphatic heterocycles. The Labute approximate surface area is 109 Å². The highest BCUT2D eigenvalue weighted by molar-refractivity contribution is 5.75. The van der Waals surface area contributed by atoms with Gasteiger partial charge in [0.05, 0.1) is 0 Å². The Kier molecular flexibility index (Phi) is 6.14. The first-order chi connectivity index (χ1) is 8.65. The summed E-state index contributed by atoms with van der Waals surface area (Å²) >= 11 is 0. The van der Waals surface area contributed by atoms with Crippen molar-refractivity contribution in [3.63, 3.8) is 0 Å². The van der Waals surface area contributed by atoms with Crippen LogP contribution < -0.4 is 10.6 Å². The summed E-state index contributed by atoms with van der Waals surface area (Å²) in [6.07, 6.45) is 2.39. The first-order valence-electron chi connectivity index (χ1n) is 6.23. The largest absolute Gasteiger partial charge is 0.370 e. The van der Waals surface area contributed by atoms with Gasteiger partial charge >= 0.3 is 0 Å². The van der Waals surface area contributed by atoms with E-state index in [2.05, 4.69) is 26.6 Å². The highest BCUT2D eigenvalue weighted by Crippen LogP contribution is 2.07. The molecule has 0 atom stereocenters. The lowest BCUT2D eigenvalue weighted by atomic mass is 10.2. The summed E-state index contributed by atoms with van der Waals surface area (Å²) in [7, 11) is 3.66. The Hall–Kier alpha value is -1.62. The van der Waals surface area contributed by atoms with Crippen molar-refractivity contribution in [1.29, 1.82) is 0 Å². The highest BCUT2D eigenvalue weighted by Gasteiger charge is 2.04. The van der Waals surface area contributed by atoms with Gasteiger partial charge in [0.1, 0.15) is 5.82 Å². The molecule has 0 aliphatic carbocycles. The molecular formula is C13H22N4O. The summed E-state index contributed by atoms with van der Waals surface area (Å²) in [5, 5.41) is 5.78. The molecule has 1 heterocycles. The van der Waals surface area contributed by atoms with Crippen LogP contribution >= 0.6 is 0 Å². The molecule has 100 valence electrons. The van der Waals surface area contributed by atoms with Gasteiger partial charge in [0, 0.05) is 39.3 Å². The van der Waals surface area contributed by atoms with Gasteiger partial charge in [0.25, 0.3) is 0 Å². The molecule has 0 aromatic carbocycles. The standard InChI is InChI=1S/C13H22N4O/c1-4-15-12-6-5-11(9-16-12)10-17(3)8-7-13(18)14-2/h5-6,9H,4,7-8,10H2,1-3H3,(H,14,18)(H,15,16). The predicted molar refractivity (Wildman–Crippen MR) is 73.4 cm³/mol. The average Bonchev–Trinajstić information content (AvgIpc) is 2.38. The van der Waals surface area contributed by atoms with Crippen LogP contribution in [0.3, 0.4) is 0 Å². The topological polar surface area (TPSA) is 57.3 Å². The van der Waals surface area contributed by atoms with Gasteiger partial charge in [0.15, 0.2) is 0 Å². The van der Waals surface area contributed by atoms with Crippen LogP contribution in [0.4, 0.5) is 5.82 Å². The maximum absolute atomic E-state index is 11.1. The number of aromatic nitrogens is 1. The molecule has 0 fully saturated rings. The fourth-order valence-corrected chi connectivity index (χ4v) is 1.61. The SMILES string of the molecule is CCNc1ccc(CN(C)CCC(=O)NC)cn1. The third-order valence-electron chi connectivity index (χ3n) is 2.63. The van der Waals surface area contributed by atoms with Gasteiger partial charge in [-0.05, 0) is 25.6 Å². The van der Waals surface area contributed by atoms with Crippen LogP contribution in [0.5, 0.6) is 0 Å². The van der Waals surface area contributed by atoms with E-state index in [1.54, 1.807) is 7.05 Å². The summed E-state index contributed by atoms with van der Waals surface area (Å²) in [5.41, 5.74) is 1.15. The summed E-state index contributed by atoms with van der Waals surface area (Å²) in [6, 6.07) is 4.03. The second-order valence-electron chi connectivity index (χ2n) is 4.24. The number of nitrogens with zero attached hydrogens (tertiary/aromatic N) is 2. The van der Waals surface area contributed by atoms with Crippen LogP contribution in [0.15, 0.2) is 18.3 Å². The summed E-state index contributed by atoms with van der Waals surface area (Å²) in [5.74, 6) is 0.969. The van der Waals surface area contributed by atoms with E-state index in [0.717, 1.165) is 31.0 Å². The second-order valence-corrected chi connectivity index (χ2v) is 4.24. The highest BCUT2D eigenvalue weighted by atomic mass is 16.1. The van der Waals surface area contributed by atoms with E-state index in [4.69, 9.17) is 0 Å². The minimum atomic E-state index is 0.0717. The molecule has 2 N–H and O–H groups in total. The van der Waals surface area contributed by atoms with Crippen LogP contribution in [-0.2, 0) is 11.3 Å². The van der Waals surface area contributed by atoms with Gasteiger partial charge in [-0.25, -0.2) is 4.98 Å². The van der Waals surface area contributed by atoms with Crippen LogP contribution in [0.1, 0.15) is 18.9 Å². The quantitative estimate of drug-likeness (QED) is 0.760. The maximum atomic E-state index is 11.1. The van der Waals surface area contributed by atoms with Gasteiger partial charge in [-0.2, -0.15) is 0 Å². The van der Waals surface area contributed by atoms with Crippen molar-refractivity contribution in [2.45, 2.75) is 19.9 Å². The zero-order valence-electron chi connectivity index (χ0n) is 11.4. The van der Waals surface area contributed by atoms with Gasteiger partial charge in [-0.1, -0.05) is 6.07 Å². The van der Waals surface area contributed by atoms with Crippen molar-refractivity contribution in [1.82, 2.24) is 15.2 Å². The van der Waals surface area contributed by atoms with Crippen LogP contribution in [-0.4, -0.2) is 43.0 Å². The molecule has 0 spiro atoms. The van der Waals surface area contributed by atoms with Gasteiger partial charge in [-0.3, -0.25) is 4.79 Å². The fourth-order valence-electron chi connectivity index (χ4n) is 1.61. The van der Waals surface area contributed by atoms with Crippen molar-refractivity contribution in [3.05, 3.63) is 23.9 Å². The molecule has 0 aliphatic rings. The van der Waals surface area contributed by atoms with Crippen molar-refractivity contribution < 1.29 is 4.79 Å². The molecule has 0 bridgehead atoms. The Balaban J connectivity index is 2.39.